The molecule has 0 bridgehead atoms. The van der Waals surface area contributed by atoms with Crippen molar-refractivity contribution >= 4 is 45.5 Å². The van der Waals surface area contributed by atoms with Gasteiger partial charge in [0.05, 0.1) is 0 Å². The largest absolute Gasteiger partial charge is 0.290 e. The minimum Gasteiger partial charge on any atom is -0.290 e. The highest BCUT2D eigenvalue weighted by molar-refractivity contribution is 8.93. The minimum atomic E-state index is -0.121. The Morgan fingerprint density at radius 1 is 0.700 bits per heavy atom. The summed E-state index contributed by atoms with van der Waals surface area (Å²) in [6.07, 6.45) is 5.01. The first-order valence-corrected chi connectivity index (χ1v) is 2.23. The first kappa shape index (κ1) is 12.5. The molecule has 0 saturated carbocycles. The fourth-order valence-electron chi connectivity index (χ4n) is 0.440. The molecule has 1 rings (SSSR count). The molecule has 0 unspecified atom stereocenters. The van der Waals surface area contributed by atoms with Crippen LogP contribution in [0.1, 0.15) is 0 Å². The molecule has 56 valence electrons. The van der Waals surface area contributed by atoms with E-state index < -0.39 is 0 Å². The molecule has 0 radical (unpaired) electrons. The molecule has 4 heteroatoms. The summed E-state index contributed by atoms with van der Waals surface area (Å²) in [5.41, 5.74) is 0. The minimum absolute atomic E-state index is 0. The summed E-state index contributed by atoms with van der Waals surface area (Å²) < 4.78 is 0. The predicted molar refractivity (Wildman–Crippen MR) is 48.9 cm³/mol. The first-order chi connectivity index (χ1) is 3.79. The molecule has 2 nitrogen and oxygen atoms in total. The van der Waals surface area contributed by atoms with Gasteiger partial charge in [-0.05, 0) is 24.3 Å². The topological polar surface area (TPSA) is 34.1 Å². The quantitative estimate of drug-likeness (QED) is 0.623. The van der Waals surface area contributed by atoms with E-state index in [2.05, 4.69) is 0 Å². The molecule has 1 aliphatic rings. The van der Waals surface area contributed by atoms with Crippen LogP contribution in [0.2, 0.25) is 0 Å². The molecule has 0 aromatic carbocycles. The molecule has 0 aliphatic heterocycles. The highest BCUT2D eigenvalue weighted by Gasteiger charge is 1.97. The number of rotatable bonds is 0. The smallest absolute Gasteiger partial charge is 0.178 e. The Morgan fingerprint density at radius 3 is 1.10 bits per heavy atom. The van der Waals surface area contributed by atoms with Gasteiger partial charge >= 0.3 is 0 Å². The fourth-order valence-corrected chi connectivity index (χ4v) is 0.440. The molecule has 0 amide bonds. The van der Waals surface area contributed by atoms with E-state index in [1.165, 1.54) is 24.3 Å². The van der Waals surface area contributed by atoms with Gasteiger partial charge in [0.2, 0.25) is 0 Å². The zero-order valence-corrected chi connectivity index (χ0v) is 8.37. The lowest BCUT2D eigenvalue weighted by atomic mass is 10.2. The highest BCUT2D eigenvalue weighted by Crippen LogP contribution is 1.90. The first-order valence-electron chi connectivity index (χ1n) is 2.23. The van der Waals surface area contributed by atoms with Crippen LogP contribution in [0.4, 0.5) is 0 Å². The van der Waals surface area contributed by atoms with Crippen molar-refractivity contribution in [3.63, 3.8) is 0 Å². The van der Waals surface area contributed by atoms with E-state index >= 15 is 0 Å². The SMILES string of the molecule is Br.Br.O=C1C=CC(=O)C=C1. The van der Waals surface area contributed by atoms with Gasteiger partial charge in [0.1, 0.15) is 0 Å². The maximum atomic E-state index is 10.3. The molecule has 1 aliphatic carbocycles. The van der Waals surface area contributed by atoms with Gasteiger partial charge in [-0.25, -0.2) is 0 Å². The Kier molecular flexibility index (Phi) is 6.92. The molecule has 0 aromatic heterocycles. The number of hydrogen-bond acceptors (Lipinski definition) is 2. The van der Waals surface area contributed by atoms with E-state index in [0.717, 1.165) is 0 Å². The molecular formula is C6H6Br2O2. The summed E-state index contributed by atoms with van der Waals surface area (Å²) in [4.78, 5) is 20.6. The summed E-state index contributed by atoms with van der Waals surface area (Å²) >= 11 is 0. The van der Waals surface area contributed by atoms with Crippen LogP contribution in [0.25, 0.3) is 0 Å². The van der Waals surface area contributed by atoms with Crippen LogP contribution in [0.5, 0.6) is 0 Å². The average Bonchev–Trinajstić information content (AvgIpc) is 1.77. The lowest BCUT2D eigenvalue weighted by Crippen LogP contribution is -1.97. The number of halogens is 2. The second-order valence-electron chi connectivity index (χ2n) is 1.47. The summed E-state index contributed by atoms with van der Waals surface area (Å²) in [5, 5.41) is 0. The zero-order chi connectivity index (χ0) is 5.98. The van der Waals surface area contributed by atoms with Crippen LogP contribution in [-0.4, -0.2) is 11.6 Å². The monoisotopic (exact) mass is 268 g/mol. The molecule has 0 atom stereocenters. The standard InChI is InChI=1S/C6H4O2.2BrH/c7-5-1-2-6(8)4-3-5;;/h1-4H;2*1H. The Labute approximate surface area is 79.5 Å². The number of hydrogen-bond donors (Lipinski definition) is 0. The van der Waals surface area contributed by atoms with Crippen LogP contribution in [0.3, 0.4) is 0 Å². The molecule has 0 aromatic rings. The predicted octanol–water partition coefficient (Wildman–Crippen LogP) is 1.41. The lowest BCUT2D eigenvalue weighted by molar-refractivity contribution is -0.113. The van der Waals surface area contributed by atoms with Crippen molar-refractivity contribution in [1.29, 1.82) is 0 Å². The van der Waals surface area contributed by atoms with E-state index in [9.17, 15) is 9.59 Å². The van der Waals surface area contributed by atoms with Crippen molar-refractivity contribution < 1.29 is 9.59 Å². The van der Waals surface area contributed by atoms with Crippen molar-refractivity contribution in [3.05, 3.63) is 24.3 Å². The summed E-state index contributed by atoms with van der Waals surface area (Å²) in [6.45, 7) is 0. The Morgan fingerprint density at radius 2 is 0.900 bits per heavy atom. The van der Waals surface area contributed by atoms with Crippen molar-refractivity contribution in [2.45, 2.75) is 0 Å². The van der Waals surface area contributed by atoms with Gasteiger partial charge in [0.25, 0.3) is 0 Å². The second-order valence-corrected chi connectivity index (χ2v) is 1.47. The average molecular weight is 270 g/mol. The Bertz CT molecular complexity index is 156. The third-order valence-electron chi connectivity index (χ3n) is 0.824. The number of ketones is 2. The van der Waals surface area contributed by atoms with Crippen LogP contribution in [0, 0.1) is 0 Å². The van der Waals surface area contributed by atoms with E-state index in [-0.39, 0.29) is 45.5 Å². The third-order valence-corrected chi connectivity index (χ3v) is 0.824. The summed E-state index contributed by atoms with van der Waals surface area (Å²) in [5.74, 6) is -0.241. The van der Waals surface area contributed by atoms with Crippen LogP contribution < -0.4 is 0 Å². The van der Waals surface area contributed by atoms with Crippen LogP contribution >= 0.6 is 34.0 Å². The third kappa shape index (κ3) is 3.74. The molecule has 10 heavy (non-hydrogen) atoms. The Balaban J connectivity index is 0. The van der Waals surface area contributed by atoms with Crippen LogP contribution in [0.15, 0.2) is 24.3 Å². The van der Waals surface area contributed by atoms with Crippen molar-refractivity contribution in [2.24, 2.45) is 0 Å². The maximum absolute atomic E-state index is 10.3. The number of carbonyl (C=O) groups is 2. The molecule has 0 fully saturated rings. The van der Waals surface area contributed by atoms with Crippen molar-refractivity contribution in [3.8, 4) is 0 Å². The van der Waals surface area contributed by atoms with E-state index in [1.807, 2.05) is 0 Å². The Hall–Kier alpha value is -0.220. The summed E-state index contributed by atoms with van der Waals surface area (Å²) in [7, 11) is 0. The normalized spacial score (nSPS) is 14.0. The highest BCUT2D eigenvalue weighted by atomic mass is 79.9. The van der Waals surface area contributed by atoms with Crippen molar-refractivity contribution in [2.75, 3.05) is 0 Å². The molecular weight excluding hydrogens is 264 g/mol. The van der Waals surface area contributed by atoms with Crippen molar-refractivity contribution in [1.82, 2.24) is 0 Å². The van der Waals surface area contributed by atoms with E-state index in [1.54, 1.807) is 0 Å². The van der Waals surface area contributed by atoms with Gasteiger partial charge in [-0.1, -0.05) is 0 Å². The van der Waals surface area contributed by atoms with Gasteiger partial charge in [-0.3, -0.25) is 9.59 Å². The van der Waals surface area contributed by atoms with Gasteiger partial charge < -0.3 is 0 Å². The summed E-state index contributed by atoms with van der Waals surface area (Å²) in [6, 6.07) is 0. The zero-order valence-electron chi connectivity index (χ0n) is 4.94. The lowest BCUT2D eigenvalue weighted by Gasteiger charge is -1.87. The molecule has 0 spiro atoms. The van der Waals surface area contributed by atoms with Gasteiger partial charge in [-0.15, -0.1) is 34.0 Å². The molecule has 0 N–H and O–H groups in total. The van der Waals surface area contributed by atoms with Crippen LogP contribution in [-0.2, 0) is 9.59 Å². The molecule has 0 saturated heterocycles. The number of carbonyl (C=O) groups excluding carboxylic acids is 2. The van der Waals surface area contributed by atoms with E-state index in [4.69, 9.17) is 0 Å². The van der Waals surface area contributed by atoms with E-state index in [0.29, 0.717) is 0 Å². The second kappa shape index (κ2) is 5.56. The molecule has 0 heterocycles. The number of allylic oxidation sites excluding steroid dienone is 4. The maximum Gasteiger partial charge on any atom is 0.178 e. The fraction of sp³-hybridized carbons (Fsp3) is 0. The van der Waals surface area contributed by atoms with Gasteiger partial charge in [0.15, 0.2) is 11.6 Å². The van der Waals surface area contributed by atoms with Gasteiger partial charge in [-0.2, -0.15) is 0 Å². The van der Waals surface area contributed by atoms with Gasteiger partial charge in [0, 0.05) is 0 Å².